The zero-order chi connectivity index (χ0) is 10.3. The minimum absolute atomic E-state index is 0.0446. The standard InChI is InChI=1S/C8H10N4OS/c1-9-7-5-6(10-4-11(5)2)12(3)8(13)14-7/h4H,1-3H3. The van der Waals surface area contributed by atoms with Crippen molar-refractivity contribution in [3.8, 4) is 0 Å². The Morgan fingerprint density at radius 3 is 2.86 bits per heavy atom. The van der Waals surface area contributed by atoms with Gasteiger partial charge in [-0.25, -0.2) is 4.98 Å². The Balaban J connectivity index is 3.17. The molecule has 2 aromatic heterocycles. The van der Waals surface area contributed by atoms with Gasteiger partial charge in [0.2, 0.25) is 0 Å². The summed E-state index contributed by atoms with van der Waals surface area (Å²) >= 11 is 1.13. The molecule has 0 aromatic carbocycles. The number of hydrogen-bond acceptors (Lipinski definition) is 4. The van der Waals surface area contributed by atoms with E-state index in [1.807, 2.05) is 11.6 Å². The van der Waals surface area contributed by atoms with E-state index in [-0.39, 0.29) is 4.87 Å². The largest absolute Gasteiger partial charge is 0.330 e. The monoisotopic (exact) mass is 210 g/mol. The SMILES string of the molecule is CN=c1sc(=O)n(C)c2ncn(C)c12. The molecule has 2 rings (SSSR count). The van der Waals surface area contributed by atoms with Gasteiger partial charge in [0, 0.05) is 21.1 Å². The third kappa shape index (κ3) is 1.11. The molecule has 0 spiro atoms. The summed E-state index contributed by atoms with van der Waals surface area (Å²) in [6.07, 6.45) is 1.69. The molecule has 0 saturated heterocycles. The van der Waals surface area contributed by atoms with E-state index < -0.39 is 0 Å². The molecular formula is C8H10N4OS. The van der Waals surface area contributed by atoms with Gasteiger partial charge in [0.15, 0.2) is 5.65 Å². The van der Waals surface area contributed by atoms with Gasteiger partial charge in [0.05, 0.1) is 6.33 Å². The first-order valence-corrected chi connectivity index (χ1v) is 4.90. The van der Waals surface area contributed by atoms with Gasteiger partial charge >= 0.3 is 4.87 Å². The quantitative estimate of drug-likeness (QED) is 0.608. The molecule has 5 nitrogen and oxygen atoms in total. The van der Waals surface area contributed by atoms with Crippen LogP contribution in [0.3, 0.4) is 0 Å². The van der Waals surface area contributed by atoms with Gasteiger partial charge in [-0.3, -0.25) is 14.4 Å². The Morgan fingerprint density at radius 1 is 1.50 bits per heavy atom. The second kappa shape index (κ2) is 3.06. The summed E-state index contributed by atoms with van der Waals surface area (Å²) in [5.74, 6) is 0. The van der Waals surface area contributed by atoms with E-state index in [0.29, 0.717) is 5.65 Å². The van der Waals surface area contributed by atoms with Crippen molar-refractivity contribution in [3.05, 3.63) is 20.7 Å². The summed E-state index contributed by atoms with van der Waals surface area (Å²) in [7, 11) is 5.28. The topological polar surface area (TPSA) is 52.2 Å². The number of rotatable bonds is 0. The lowest BCUT2D eigenvalue weighted by Crippen LogP contribution is -2.20. The number of imidazole rings is 1. The highest BCUT2D eigenvalue weighted by molar-refractivity contribution is 7.07. The van der Waals surface area contributed by atoms with Crippen molar-refractivity contribution in [3.63, 3.8) is 0 Å². The molecule has 0 aliphatic heterocycles. The molecule has 2 aromatic rings. The number of aromatic nitrogens is 3. The molecule has 6 heteroatoms. The van der Waals surface area contributed by atoms with Crippen molar-refractivity contribution in [2.75, 3.05) is 7.05 Å². The summed E-state index contributed by atoms with van der Waals surface area (Å²) in [4.78, 5) is 19.7. The summed E-state index contributed by atoms with van der Waals surface area (Å²) < 4.78 is 4.13. The van der Waals surface area contributed by atoms with Crippen LogP contribution in [-0.2, 0) is 14.1 Å². The van der Waals surface area contributed by atoms with Gasteiger partial charge in [0.1, 0.15) is 10.2 Å². The number of aryl methyl sites for hydroxylation is 2. The van der Waals surface area contributed by atoms with E-state index in [1.54, 1.807) is 20.4 Å². The Hall–Kier alpha value is -1.43. The molecule has 0 aliphatic carbocycles. The van der Waals surface area contributed by atoms with E-state index in [9.17, 15) is 4.79 Å². The van der Waals surface area contributed by atoms with E-state index in [4.69, 9.17) is 0 Å². The Morgan fingerprint density at radius 2 is 2.21 bits per heavy atom. The van der Waals surface area contributed by atoms with Crippen LogP contribution in [-0.4, -0.2) is 21.2 Å². The predicted octanol–water partition coefficient (Wildman–Crippen LogP) is -0.136. The number of nitrogens with zero attached hydrogens (tertiary/aromatic N) is 4. The van der Waals surface area contributed by atoms with Gasteiger partial charge in [0.25, 0.3) is 0 Å². The first-order chi connectivity index (χ1) is 6.65. The molecule has 0 bridgehead atoms. The maximum atomic E-state index is 11.5. The highest BCUT2D eigenvalue weighted by Gasteiger charge is 2.07. The lowest BCUT2D eigenvalue weighted by molar-refractivity contribution is 0.913. The van der Waals surface area contributed by atoms with E-state index in [0.717, 1.165) is 21.5 Å². The fraction of sp³-hybridized carbons (Fsp3) is 0.375. The second-order valence-corrected chi connectivity index (χ2v) is 3.92. The van der Waals surface area contributed by atoms with Gasteiger partial charge < -0.3 is 4.57 Å². The van der Waals surface area contributed by atoms with Crippen LogP contribution in [0.2, 0.25) is 0 Å². The van der Waals surface area contributed by atoms with Crippen LogP contribution in [0.15, 0.2) is 16.1 Å². The molecule has 14 heavy (non-hydrogen) atoms. The second-order valence-electron chi connectivity index (χ2n) is 2.98. The molecule has 0 saturated carbocycles. The van der Waals surface area contributed by atoms with Crippen LogP contribution >= 0.6 is 11.3 Å². The van der Waals surface area contributed by atoms with Gasteiger partial charge in [-0.2, -0.15) is 0 Å². The molecule has 2 heterocycles. The summed E-state index contributed by atoms with van der Waals surface area (Å²) in [5, 5.41) is 0. The molecule has 0 fully saturated rings. The maximum absolute atomic E-state index is 11.5. The van der Waals surface area contributed by atoms with Crippen molar-refractivity contribution in [1.29, 1.82) is 0 Å². The zero-order valence-corrected chi connectivity index (χ0v) is 9.00. The van der Waals surface area contributed by atoms with Crippen molar-refractivity contribution in [1.82, 2.24) is 14.1 Å². The van der Waals surface area contributed by atoms with E-state index >= 15 is 0 Å². The lowest BCUT2D eigenvalue weighted by atomic mass is 10.5. The fourth-order valence-electron chi connectivity index (χ4n) is 1.35. The molecule has 0 aliphatic rings. The van der Waals surface area contributed by atoms with Crippen molar-refractivity contribution >= 4 is 22.5 Å². The average Bonchev–Trinajstić information content (AvgIpc) is 2.55. The molecule has 74 valence electrons. The predicted molar refractivity (Wildman–Crippen MR) is 55.3 cm³/mol. The molecule has 0 unspecified atom stereocenters. The van der Waals surface area contributed by atoms with Crippen LogP contribution < -0.4 is 9.54 Å². The van der Waals surface area contributed by atoms with Crippen LogP contribution in [0.5, 0.6) is 0 Å². The van der Waals surface area contributed by atoms with Crippen molar-refractivity contribution < 1.29 is 0 Å². The highest BCUT2D eigenvalue weighted by atomic mass is 32.1. The summed E-state index contributed by atoms with van der Waals surface area (Å²) in [6.45, 7) is 0. The summed E-state index contributed by atoms with van der Waals surface area (Å²) in [5.41, 5.74) is 1.58. The third-order valence-corrected chi connectivity index (χ3v) is 3.12. The highest BCUT2D eigenvalue weighted by Crippen LogP contribution is 2.03. The molecule has 0 radical (unpaired) electrons. The first kappa shape index (κ1) is 9.14. The van der Waals surface area contributed by atoms with Crippen molar-refractivity contribution in [2.45, 2.75) is 0 Å². The van der Waals surface area contributed by atoms with Gasteiger partial charge in [-0.1, -0.05) is 11.3 Å². The lowest BCUT2D eigenvalue weighted by Gasteiger charge is -1.98. The zero-order valence-electron chi connectivity index (χ0n) is 8.18. The smallest absolute Gasteiger partial charge is 0.310 e. The van der Waals surface area contributed by atoms with Crippen LogP contribution in [0.4, 0.5) is 0 Å². The van der Waals surface area contributed by atoms with Gasteiger partial charge in [-0.15, -0.1) is 0 Å². The third-order valence-electron chi connectivity index (χ3n) is 2.10. The molecule has 0 N–H and O–H groups in total. The van der Waals surface area contributed by atoms with Gasteiger partial charge in [-0.05, 0) is 0 Å². The van der Waals surface area contributed by atoms with Crippen LogP contribution in [0.1, 0.15) is 0 Å². The molecule has 0 amide bonds. The van der Waals surface area contributed by atoms with Crippen molar-refractivity contribution in [2.24, 2.45) is 19.1 Å². The van der Waals surface area contributed by atoms with E-state index in [2.05, 4.69) is 9.98 Å². The fourth-order valence-corrected chi connectivity index (χ4v) is 2.16. The maximum Gasteiger partial charge on any atom is 0.310 e. The Kier molecular flexibility index (Phi) is 1.99. The summed E-state index contributed by atoms with van der Waals surface area (Å²) in [6, 6.07) is 0. The Labute approximate surface area is 84.0 Å². The number of fused-ring (bicyclic) bond motifs is 1. The minimum atomic E-state index is -0.0446. The molecule has 0 atom stereocenters. The first-order valence-electron chi connectivity index (χ1n) is 4.09. The Bertz CT molecular complexity index is 604. The average molecular weight is 210 g/mol. The minimum Gasteiger partial charge on any atom is -0.330 e. The normalized spacial score (nSPS) is 12.6. The van der Waals surface area contributed by atoms with E-state index in [1.165, 1.54) is 4.57 Å². The van der Waals surface area contributed by atoms with Crippen LogP contribution in [0, 0.1) is 0 Å². The van der Waals surface area contributed by atoms with Crippen LogP contribution in [0.25, 0.3) is 11.2 Å². The molecular weight excluding hydrogens is 200 g/mol. The number of hydrogen-bond donors (Lipinski definition) is 0.